The monoisotopic (exact) mass is 443 g/mol. The highest BCUT2D eigenvalue weighted by molar-refractivity contribution is 6.26. The smallest absolute Gasteiger partial charge is 0.324 e. The maximum Gasteiger partial charge on any atom is 0.418 e. The fraction of sp³-hybridized carbons (Fsp3) is 0.348. The van der Waals surface area contributed by atoms with E-state index in [1.54, 1.807) is 24.3 Å². The Bertz CT molecular complexity index is 1160. The Morgan fingerprint density at radius 2 is 1.62 bits per heavy atom. The summed E-state index contributed by atoms with van der Waals surface area (Å²) < 4.78 is 41.0. The highest BCUT2D eigenvalue weighted by atomic mass is 19.4. The lowest BCUT2D eigenvalue weighted by atomic mass is 9.76. The number of nitrogens with zero attached hydrogens (tertiary/aromatic N) is 1. The molecule has 32 heavy (non-hydrogen) atoms. The first-order valence-corrected chi connectivity index (χ1v) is 10.3. The number of fused-ring (bicyclic) bond motifs is 4. The molecule has 0 radical (unpaired) electrons. The number of rotatable bonds is 2. The van der Waals surface area contributed by atoms with E-state index in [0.717, 1.165) is 12.1 Å². The van der Waals surface area contributed by atoms with Crippen molar-refractivity contribution in [3.05, 3.63) is 59.7 Å². The first-order chi connectivity index (χ1) is 15.1. The maximum absolute atomic E-state index is 13.7. The maximum atomic E-state index is 13.7. The average molecular weight is 443 g/mol. The number of benzene rings is 2. The quantitative estimate of drug-likeness (QED) is 0.699. The Hall–Kier alpha value is -3.20. The van der Waals surface area contributed by atoms with Gasteiger partial charge in [-0.15, -0.1) is 0 Å². The van der Waals surface area contributed by atoms with Crippen molar-refractivity contribution in [2.24, 2.45) is 17.8 Å². The van der Waals surface area contributed by atoms with Gasteiger partial charge in [0.2, 0.25) is 17.7 Å². The molecule has 0 bridgehead atoms. The molecule has 4 unspecified atom stereocenters. The minimum atomic E-state index is -4.75. The summed E-state index contributed by atoms with van der Waals surface area (Å²) in [4.78, 5) is 41.1. The zero-order chi connectivity index (χ0) is 23.0. The van der Waals surface area contributed by atoms with E-state index in [1.165, 1.54) is 12.1 Å². The van der Waals surface area contributed by atoms with E-state index >= 15 is 0 Å². The lowest BCUT2D eigenvalue weighted by Crippen LogP contribution is -2.54. The minimum absolute atomic E-state index is 0.156. The standard InChI is InChI=1S/C23H20F3N3O3/c1-11(2)18-16-17(22(28-18)12-7-3-5-9-14(12)27-21(22)32)20(31)29(19(16)30)15-10-6-4-8-13(15)23(24,25)26/h3-11,16-18,28H,1-2H3,(H,27,32). The number of nitrogens with one attached hydrogen (secondary N) is 2. The van der Waals surface area contributed by atoms with Gasteiger partial charge in [-0.25, -0.2) is 4.90 Å². The van der Waals surface area contributed by atoms with Crippen LogP contribution in [0.1, 0.15) is 25.0 Å². The second-order valence-electron chi connectivity index (χ2n) is 8.75. The van der Waals surface area contributed by atoms with Crippen LogP contribution in [-0.2, 0) is 26.1 Å². The van der Waals surface area contributed by atoms with E-state index in [9.17, 15) is 27.6 Å². The molecular formula is C23H20F3N3O3. The molecule has 2 saturated heterocycles. The van der Waals surface area contributed by atoms with E-state index in [4.69, 9.17) is 0 Å². The van der Waals surface area contributed by atoms with Crippen molar-refractivity contribution in [1.82, 2.24) is 5.32 Å². The van der Waals surface area contributed by atoms with Gasteiger partial charge < -0.3 is 5.32 Å². The molecule has 2 aromatic carbocycles. The molecule has 9 heteroatoms. The Morgan fingerprint density at radius 3 is 2.31 bits per heavy atom. The van der Waals surface area contributed by atoms with Crippen LogP contribution in [0.5, 0.6) is 0 Å². The third-order valence-corrected chi connectivity index (χ3v) is 6.73. The Balaban J connectivity index is 1.70. The molecular weight excluding hydrogens is 423 g/mol. The van der Waals surface area contributed by atoms with Crippen molar-refractivity contribution >= 4 is 29.1 Å². The fourth-order valence-corrected chi connectivity index (χ4v) is 5.41. The molecule has 3 heterocycles. The van der Waals surface area contributed by atoms with Gasteiger partial charge >= 0.3 is 6.18 Å². The molecule has 0 aliphatic carbocycles. The zero-order valence-corrected chi connectivity index (χ0v) is 17.2. The molecule has 3 amide bonds. The molecule has 5 rings (SSSR count). The van der Waals surface area contributed by atoms with Crippen LogP contribution < -0.4 is 15.5 Å². The zero-order valence-electron chi connectivity index (χ0n) is 17.2. The van der Waals surface area contributed by atoms with Gasteiger partial charge in [0.25, 0.3) is 0 Å². The second-order valence-corrected chi connectivity index (χ2v) is 8.75. The SMILES string of the molecule is CC(C)C1NC2(C(=O)Nc3ccccc32)C2C(=O)N(c3ccccc3C(F)(F)F)C(=O)C12. The number of halogens is 3. The summed E-state index contributed by atoms with van der Waals surface area (Å²) in [7, 11) is 0. The van der Waals surface area contributed by atoms with Gasteiger partial charge in [-0.05, 0) is 24.1 Å². The summed E-state index contributed by atoms with van der Waals surface area (Å²) >= 11 is 0. The molecule has 0 aromatic heterocycles. The summed E-state index contributed by atoms with van der Waals surface area (Å²) in [5.41, 5.74) is -2.06. The first-order valence-electron chi connectivity index (χ1n) is 10.3. The average Bonchev–Trinajstić information content (AvgIpc) is 3.32. The number of carbonyl (C=O) groups excluding carboxylic acids is 3. The number of alkyl halides is 3. The number of imide groups is 1. The Kier molecular flexibility index (Phi) is 4.30. The van der Waals surface area contributed by atoms with Crippen molar-refractivity contribution < 1.29 is 27.6 Å². The molecule has 2 aromatic rings. The topological polar surface area (TPSA) is 78.5 Å². The Labute approximate surface area is 181 Å². The molecule has 166 valence electrons. The molecule has 3 aliphatic heterocycles. The molecule has 1 spiro atoms. The van der Waals surface area contributed by atoms with Gasteiger partial charge in [0.05, 0.1) is 23.1 Å². The molecule has 4 atom stereocenters. The van der Waals surface area contributed by atoms with Crippen LogP contribution in [0.15, 0.2) is 48.5 Å². The summed E-state index contributed by atoms with van der Waals surface area (Å²) in [6.07, 6.45) is -4.75. The normalized spacial score (nSPS) is 29.1. The third-order valence-electron chi connectivity index (χ3n) is 6.73. The predicted molar refractivity (Wildman–Crippen MR) is 109 cm³/mol. The Morgan fingerprint density at radius 1 is 0.969 bits per heavy atom. The van der Waals surface area contributed by atoms with Crippen molar-refractivity contribution in [3.8, 4) is 0 Å². The number of anilines is 2. The van der Waals surface area contributed by atoms with Crippen LogP contribution >= 0.6 is 0 Å². The first kappa shape index (κ1) is 20.7. The van der Waals surface area contributed by atoms with Gasteiger partial charge in [0.1, 0.15) is 5.54 Å². The lowest BCUT2D eigenvalue weighted by molar-refractivity contribution is -0.137. The van der Waals surface area contributed by atoms with E-state index in [0.29, 0.717) is 16.2 Å². The molecule has 2 fully saturated rings. The van der Waals surface area contributed by atoms with Gasteiger partial charge in [-0.2, -0.15) is 13.2 Å². The highest BCUT2D eigenvalue weighted by Crippen LogP contribution is 2.55. The fourth-order valence-electron chi connectivity index (χ4n) is 5.41. The van der Waals surface area contributed by atoms with Gasteiger partial charge in [0, 0.05) is 17.3 Å². The molecule has 3 aliphatic rings. The van der Waals surface area contributed by atoms with E-state index < -0.39 is 58.6 Å². The number of amides is 3. The third kappa shape index (κ3) is 2.54. The van der Waals surface area contributed by atoms with Gasteiger partial charge in [-0.1, -0.05) is 44.2 Å². The van der Waals surface area contributed by atoms with Crippen molar-refractivity contribution in [2.45, 2.75) is 31.6 Å². The van der Waals surface area contributed by atoms with Crippen molar-refractivity contribution in [1.29, 1.82) is 0 Å². The minimum Gasteiger partial charge on any atom is -0.324 e. The summed E-state index contributed by atoms with van der Waals surface area (Å²) in [5, 5.41) is 6.01. The van der Waals surface area contributed by atoms with Crippen molar-refractivity contribution in [2.75, 3.05) is 10.2 Å². The van der Waals surface area contributed by atoms with E-state index in [-0.39, 0.29) is 5.92 Å². The van der Waals surface area contributed by atoms with Crippen LogP contribution in [-0.4, -0.2) is 23.8 Å². The summed E-state index contributed by atoms with van der Waals surface area (Å²) in [6.45, 7) is 3.69. The van der Waals surface area contributed by atoms with Crippen molar-refractivity contribution in [3.63, 3.8) is 0 Å². The molecule has 2 N–H and O–H groups in total. The number of hydrogen-bond donors (Lipinski definition) is 2. The van der Waals surface area contributed by atoms with Gasteiger partial charge in [0.15, 0.2) is 0 Å². The van der Waals surface area contributed by atoms with Gasteiger partial charge in [-0.3, -0.25) is 19.7 Å². The largest absolute Gasteiger partial charge is 0.418 e. The predicted octanol–water partition coefficient (Wildman–Crippen LogP) is 3.29. The van der Waals surface area contributed by atoms with E-state index in [1.807, 2.05) is 13.8 Å². The van der Waals surface area contributed by atoms with Crippen LogP contribution in [0.4, 0.5) is 24.5 Å². The van der Waals surface area contributed by atoms with Crippen LogP contribution in [0.3, 0.4) is 0 Å². The summed E-state index contributed by atoms with van der Waals surface area (Å²) in [6, 6.07) is 10.8. The number of carbonyl (C=O) groups is 3. The van der Waals surface area contributed by atoms with E-state index in [2.05, 4.69) is 10.6 Å². The number of para-hydroxylation sites is 2. The van der Waals surface area contributed by atoms with Crippen LogP contribution in [0.25, 0.3) is 0 Å². The lowest BCUT2D eigenvalue weighted by Gasteiger charge is -2.30. The number of hydrogen-bond acceptors (Lipinski definition) is 4. The van der Waals surface area contributed by atoms with Crippen LogP contribution in [0.2, 0.25) is 0 Å². The second kappa shape index (κ2) is 6.65. The van der Waals surface area contributed by atoms with Crippen LogP contribution in [0, 0.1) is 17.8 Å². The summed E-state index contributed by atoms with van der Waals surface area (Å²) in [5.74, 6) is -4.30. The molecule has 0 saturated carbocycles. The highest BCUT2D eigenvalue weighted by Gasteiger charge is 2.71. The molecule has 6 nitrogen and oxygen atoms in total.